The Morgan fingerprint density at radius 1 is 1.11 bits per heavy atom. The predicted molar refractivity (Wildman–Crippen MR) is 101 cm³/mol. The number of hydrogen-bond acceptors (Lipinski definition) is 7. The van der Waals surface area contributed by atoms with Gasteiger partial charge < -0.3 is 4.74 Å². The molecule has 0 saturated carbocycles. The van der Waals surface area contributed by atoms with Crippen LogP contribution < -0.4 is 0 Å². The van der Waals surface area contributed by atoms with Crippen molar-refractivity contribution < 1.29 is 9.53 Å². The van der Waals surface area contributed by atoms with E-state index in [4.69, 9.17) is 16.3 Å². The van der Waals surface area contributed by atoms with E-state index in [1.165, 1.54) is 22.3 Å². The lowest BCUT2D eigenvalue weighted by Gasteiger charge is -2.04. The van der Waals surface area contributed by atoms with Gasteiger partial charge >= 0.3 is 5.97 Å². The van der Waals surface area contributed by atoms with E-state index in [0.29, 0.717) is 16.3 Å². The first-order valence-corrected chi connectivity index (χ1v) is 9.16. The predicted octanol–water partition coefficient (Wildman–Crippen LogP) is 3.80. The van der Waals surface area contributed by atoms with Crippen molar-refractivity contribution in [2.75, 3.05) is 0 Å². The minimum atomic E-state index is -0.417. The molecule has 7 nitrogen and oxygen atoms in total. The highest BCUT2D eigenvalue weighted by molar-refractivity contribution is 7.13. The zero-order chi connectivity index (χ0) is 18.6. The molecule has 27 heavy (non-hydrogen) atoms. The highest BCUT2D eigenvalue weighted by atomic mass is 35.5. The number of aromatic nitrogens is 5. The molecule has 0 aliphatic rings. The molecule has 0 atom stereocenters. The largest absolute Gasteiger partial charge is 0.456 e. The Labute approximate surface area is 163 Å². The SMILES string of the molecule is O=C(OCc1csc(-c2ccc(Cl)cc2)n1)c1ccc(-n2cnnn2)cc1. The molecule has 0 N–H and O–H groups in total. The molecule has 134 valence electrons. The van der Waals surface area contributed by atoms with Crippen molar-refractivity contribution in [2.24, 2.45) is 0 Å². The molecule has 4 aromatic rings. The number of esters is 1. The second-order valence-electron chi connectivity index (χ2n) is 5.53. The van der Waals surface area contributed by atoms with Crippen molar-refractivity contribution in [3.8, 4) is 16.3 Å². The van der Waals surface area contributed by atoms with Gasteiger partial charge in [0, 0.05) is 16.0 Å². The zero-order valence-electron chi connectivity index (χ0n) is 13.8. The minimum absolute atomic E-state index is 0.109. The van der Waals surface area contributed by atoms with Crippen LogP contribution >= 0.6 is 22.9 Å². The smallest absolute Gasteiger partial charge is 0.338 e. The molecule has 2 aromatic heterocycles. The van der Waals surface area contributed by atoms with Gasteiger partial charge in [0.05, 0.1) is 16.9 Å². The lowest BCUT2D eigenvalue weighted by atomic mass is 10.2. The summed E-state index contributed by atoms with van der Waals surface area (Å²) in [7, 11) is 0. The van der Waals surface area contributed by atoms with Gasteiger partial charge in [0.25, 0.3) is 0 Å². The van der Waals surface area contributed by atoms with Gasteiger partial charge in [0.1, 0.15) is 17.9 Å². The summed E-state index contributed by atoms with van der Waals surface area (Å²) >= 11 is 7.39. The summed E-state index contributed by atoms with van der Waals surface area (Å²) in [5, 5.41) is 14.3. The molecule has 0 spiro atoms. The minimum Gasteiger partial charge on any atom is -0.456 e. The Morgan fingerprint density at radius 3 is 2.59 bits per heavy atom. The summed E-state index contributed by atoms with van der Waals surface area (Å²) < 4.78 is 6.85. The normalized spacial score (nSPS) is 10.7. The van der Waals surface area contributed by atoms with E-state index in [-0.39, 0.29) is 6.61 Å². The van der Waals surface area contributed by atoms with Gasteiger partial charge in [0.2, 0.25) is 0 Å². The molecule has 0 fully saturated rings. The van der Waals surface area contributed by atoms with Gasteiger partial charge in [-0.15, -0.1) is 16.4 Å². The van der Waals surface area contributed by atoms with Crippen LogP contribution in [-0.2, 0) is 11.3 Å². The van der Waals surface area contributed by atoms with Crippen LogP contribution in [0.4, 0.5) is 0 Å². The average molecular weight is 398 g/mol. The van der Waals surface area contributed by atoms with Crippen LogP contribution in [-0.4, -0.2) is 31.2 Å². The summed E-state index contributed by atoms with van der Waals surface area (Å²) in [5.74, 6) is -0.417. The number of tetrazole rings is 1. The summed E-state index contributed by atoms with van der Waals surface area (Å²) in [5.41, 5.74) is 2.87. The van der Waals surface area contributed by atoms with Gasteiger partial charge in [0.15, 0.2) is 0 Å². The average Bonchev–Trinajstić information content (AvgIpc) is 3.39. The van der Waals surface area contributed by atoms with Crippen LogP contribution in [0.2, 0.25) is 5.02 Å². The molecule has 0 saturated heterocycles. The highest BCUT2D eigenvalue weighted by Gasteiger charge is 2.10. The molecule has 2 heterocycles. The molecule has 0 bridgehead atoms. The number of halogens is 1. The van der Waals surface area contributed by atoms with Crippen LogP contribution in [0.3, 0.4) is 0 Å². The number of carbonyl (C=O) groups is 1. The Morgan fingerprint density at radius 2 is 1.89 bits per heavy atom. The molecule has 4 rings (SSSR count). The van der Waals surface area contributed by atoms with Crippen LogP contribution in [0.25, 0.3) is 16.3 Å². The summed E-state index contributed by atoms with van der Waals surface area (Å²) in [4.78, 5) is 16.7. The van der Waals surface area contributed by atoms with Crippen LogP contribution in [0.1, 0.15) is 16.1 Å². The van der Waals surface area contributed by atoms with E-state index in [1.54, 1.807) is 24.3 Å². The number of benzene rings is 2. The Balaban J connectivity index is 1.38. The monoisotopic (exact) mass is 397 g/mol. The highest BCUT2D eigenvalue weighted by Crippen LogP contribution is 2.25. The first-order chi connectivity index (χ1) is 13.2. The zero-order valence-corrected chi connectivity index (χ0v) is 15.4. The van der Waals surface area contributed by atoms with E-state index >= 15 is 0 Å². The Hall–Kier alpha value is -3.10. The summed E-state index contributed by atoms with van der Waals surface area (Å²) in [6.07, 6.45) is 1.48. The third-order valence-electron chi connectivity index (χ3n) is 3.71. The van der Waals surface area contributed by atoms with Crippen molar-refractivity contribution in [1.82, 2.24) is 25.2 Å². The lowest BCUT2D eigenvalue weighted by molar-refractivity contribution is 0.0468. The van der Waals surface area contributed by atoms with E-state index in [1.807, 2.05) is 29.6 Å². The van der Waals surface area contributed by atoms with Gasteiger partial charge in [-0.1, -0.05) is 23.7 Å². The molecule has 0 radical (unpaired) electrons. The Kier molecular flexibility index (Phi) is 4.91. The number of thiazole rings is 1. The topological polar surface area (TPSA) is 82.8 Å². The van der Waals surface area contributed by atoms with E-state index in [9.17, 15) is 4.79 Å². The molecule has 9 heteroatoms. The van der Waals surface area contributed by atoms with Gasteiger partial charge in [-0.05, 0) is 46.8 Å². The quantitative estimate of drug-likeness (QED) is 0.476. The van der Waals surface area contributed by atoms with Crippen molar-refractivity contribution in [1.29, 1.82) is 0 Å². The lowest BCUT2D eigenvalue weighted by Crippen LogP contribution is -2.06. The van der Waals surface area contributed by atoms with Gasteiger partial charge in [-0.3, -0.25) is 0 Å². The van der Waals surface area contributed by atoms with Crippen LogP contribution in [0, 0.1) is 0 Å². The molecule has 0 aliphatic heterocycles. The van der Waals surface area contributed by atoms with E-state index in [2.05, 4.69) is 20.5 Å². The maximum absolute atomic E-state index is 12.2. The second kappa shape index (κ2) is 7.65. The standard InChI is InChI=1S/C18H12ClN5O2S/c19-14-5-1-12(2-6-14)17-21-15(10-27-17)9-26-18(25)13-3-7-16(8-4-13)24-11-20-22-23-24/h1-8,10-11H,9H2. The Bertz CT molecular complexity index is 1050. The number of hydrogen-bond donors (Lipinski definition) is 0. The molecule has 0 amide bonds. The summed E-state index contributed by atoms with van der Waals surface area (Å²) in [6.45, 7) is 0.109. The van der Waals surface area contributed by atoms with Gasteiger partial charge in [-0.2, -0.15) is 0 Å². The van der Waals surface area contributed by atoms with Crippen LogP contribution in [0.5, 0.6) is 0 Å². The number of nitrogens with zero attached hydrogens (tertiary/aromatic N) is 5. The summed E-state index contributed by atoms with van der Waals surface area (Å²) in [6, 6.07) is 14.3. The number of rotatable bonds is 5. The third kappa shape index (κ3) is 4.02. The first-order valence-electron chi connectivity index (χ1n) is 7.90. The van der Waals surface area contributed by atoms with Crippen molar-refractivity contribution >= 4 is 28.9 Å². The molecular formula is C18H12ClN5O2S. The number of carbonyl (C=O) groups excluding carboxylic acids is 1. The van der Waals surface area contributed by atoms with Crippen molar-refractivity contribution in [3.63, 3.8) is 0 Å². The van der Waals surface area contributed by atoms with Gasteiger partial charge in [-0.25, -0.2) is 14.5 Å². The fourth-order valence-electron chi connectivity index (χ4n) is 2.35. The maximum atomic E-state index is 12.2. The maximum Gasteiger partial charge on any atom is 0.338 e. The van der Waals surface area contributed by atoms with Crippen molar-refractivity contribution in [2.45, 2.75) is 6.61 Å². The fourth-order valence-corrected chi connectivity index (χ4v) is 3.29. The molecule has 0 aliphatic carbocycles. The first kappa shape index (κ1) is 17.3. The van der Waals surface area contributed by atoms with E-state index in [0.717, 1.165) is 16.3 Å². The molecular weight excluding hydrogens is 386 g/mol. The third-order valence-corrected chi connectivity index (χ3v) is 4.90. The molecule has 0 unspecified atom stereocenters. The van der Waals surface area contributed by atoms with E-state index < -0.39 is 5.97 Å². The fraction of sp³-hybridized carbons (Fsp3) is 0.0556. The second-order valence-corrected chi connectivity index (χ2v) is 6.82. The number of ether oxygens (including phenoxy) is 1. The molecule has 2 aromatic carbocycles. The van der Waals surface area contributed by atoms with Crippen LogP contribution in [0.15, 0.2) is 60.2 Å². The van der Waals surface area contributed by atoms with Crippen molar-refractivity contribution in [3.05, 3.63) is 76.5 Å².